The highest BCUT2D eigenvalue weighted by molar-refractivity contribution is 6.01. The van der Waals surface area contributed by atoms with E-state index in [0.717, 1.165) is 27.2 Å². The summed E-state index contributed by atoms with van der Waals surface area (Å²) in [5.41, 5.74) is 4.39. The van der Waals surface area contributed by atoms with Crippen LogP contribution < -0.4 is 0 Å². The second-order valence-electron chi connectivity index (χ2n) is 7.58. The molecule has 1 heterocycles. The molecule has 1 fully saturated rings. The van der Waals surface area contributed by atoms with Crippen LogP contribution in [0.5, 0.6) is 0 Å². The van der Waals surface area contributed by atoms with Gasteiger partial charge in [-0.15, -0.1) is 5.06 Å². The van der Waals surface area contributed by atoms with Crippen LogP contribution in [0.4, 0.5) is 4.79 Å². The smallest absolute Gasteiger partial charge is 0.410 e. The van der Waals surface area contributed by atoms with Gasteiger partial charge in [0.15, 0.2) is 0 Å². The van der Waals surface area contributed by atoms with Gasteiger partial charge in [0.25, 0.3) is 11.8 Å². The maximum absolute atomic E-state index is 12.6. The summed E-state index contributed by atoms with van der Waals surface area (Å²) in [6.45, 7) is 1.55. The Morgan fingerprint density at radius 2 is 1.52 bits per heavy atom. The van der Waals surface area contributed by atoms with Crippen molar-refractivity contribution in [3.63, 3.8) is 0 Å². The average molecular weight is 422 g/mol. The topological polar surface area (TPSA) is 93.2 Å². The molecule has 8 heteroatoms. The van der Waals surface area contributed by atoms with Crippen LogP contribution in [0.1, 0.15) is 36.8 Å². The molecule has 8 nitrogen and oxygen atoms in total. The molecule has 1 aliphatic carbocycles. The van der Waals surface area contributed by atoms with Gasteiger partial charge in [-0.3, -0.25) is 14.5 Å². The Morgan fingerprint density at radius 3 is 2.06 bits per heavy atom. The largest absolute Gasteiger partial charge is 0.448 e. The van der Waals surface area contributed by atoms with E-state index in [1.54, 1.807) is 0 Å². The van der Waals surface area contributed by atoms with Gasteiger partial charge in [-0.2, -0.15) is 0 Å². The van der Waals surface area contributed by atoms with E-state index in [4.69, 9.17) is 9.57 Å². The number of likely N-dealkylation sites (N-methyl/N-ethyl adjacent to an activating group) is 1. The molecule has 0 bridgehead atoms. The lowest BCUT2D eigenvalue weighted by Gasteiger charge is -2.25. The van der Waals surface area contributed by atoms with Crippen molar-refractivity contribution in [3.8, 4) is 11.1 Å². The molecular formula is C23H22N2O6. The van der Waals surface area contributed by atoms with Crippen molar-refractivity contribution in [2.75, 3.05) is 13.7 Å². The van der Waals surface area contributed by atoms with Gasteiger partial charge in [0.05, 0.1) is 0 Å². The number of rotatable bonds is 5. The van der Waals surface area contributed by atoms with Crippen molar-refractivity contribution in [2.24, 2.45) is 0 Å². The van der Waals surface area contributed by atoms with Crippen molar-refractivity contribution in [3.05, 3.63) is 59.7 Å². The normalized spacial score (nSPS) is 16.0. The van der Waals surface area contributed by atoms with Gasteiger partial charge in [-0.1, -0.05) is 48.5 Å². The Bertz CT molecular complexity index is 1000. The van der Waals surface area contributed by atoms with E-state index in [1.807, 2.05) is 48.5 Å². The third-order valence-corrected chi connectivity index (χ3v) is 5.73. The molecule has 0 N–H and O–H groups in total. The van der Waals surface area contributed by atoms with Gasteiger partial charge < -0.3 is 9.57 Å². The Balaban J connectivity index is 1.40. The molecule has 0 spiro atoms. The monoisotopic (exact) mass is 422 g/mol. The number of hydrogen-bond acceptors (Lipinski definition) is 6. The summed E-state index contributed by atoms with van der Waals surface area (Å²) < 4.78 is 5.52. The number of carbonyl (C=O) groups is 4. The molecule has 0 unspecified atom stereocenters. The molecule has 160 valence electrons. The van der Waals surface area contributed by atoms with Crippen LogP contribution in [0, 0.1) is 0 Å². The second-order valence-corrected chi connectivity index (χ2v) is 7.58. The highest BCUT2D eigenvalue weighted by atomic mass is 16.7. The van der Waals surface area contributed by atoms with Crippen LogP contribution >= 0.6 is 0 Å². The second kappa shape index (κ2) is 8.22. The lowest BCUT2D eigenvalue weighted by Crippen LogP contribution is -2.45. The number of hydrogen-bond donors (Lipinski definition) is 0. The maximum atomic E-state index is 12.6. The summed E-state index contributed by atoms with van der Waals surface area (Å²) in [5, 5.41) is 0.463. The number of imide groups is 1. The first-order valence-electron chi connectivity index (χ1n) is 10.0. The van der Waals surface area contributed by atoms with Crippen molar-refractivity contribution < 1.29 is 28.8 Å². The summed E-state index contributed by atoms with van der Waals surface area (Å²) in [6, 6.07) is 14.9. The van der Waals surface area contributed by atoms with Crippen molar-refractivity contribution in [1.82, 2.24) is 9.96 Å². The molecule has 4 rings (SSSR count). The van der Waals surface area contributed by atoms with Crippen LogP contribution in [0.15, 0.2) is 48.5 Å². The number of amides is 3. The van der Waals surface area contributed by atoms with Gasteiger partial charge in [-0.05, 0) is 29.2 Å². The summed E-state index contributed by atoms with van der Waals surface area (Å²) in [6.07, 6.45) is -0.698. The van der Waals surface area contributed by atoms with E-state index in [1.165, 1.54) is 14.0 Å². The predicted molar refractivity (Wildman–Crippen MR) is 109 cm³/mol. The highest BCUT2D eigenvalue weighted by Gasteiger charge is 2.36. The van der Waals surface area contributed by atoms with E-state index < -0.39 is 29.9 Å². The van der Waals surface area contributed by atoms with E-state index in [0.29, 0.717) is 5.06 Å². The SMILES string of the molecule is C[C@@H](C(=O)ON1C(=O)CCC1=O)N(C)C(=O)OCC1c2ccccc2-c2ccccc21. The summed E-state index contributed by atoms with van der Waals surface area (Å²) >= 11 is 0. The van der Waals surface area contributed by atoms with Crippen LogP contribution in [-0.2, 0) is 24.0 Å². The molecule has 1 atom stereocenters. The zero-order valence-corrected chi connectivity index (χ0v) is 17.2. The molecule has 0 saturated carbocycles. The van der Waals surface area contributed by atoms with E-state index in [-0.39, 0.29) is 25.4 Å². The first-order chi connectivity index (χ1) is 14.9. The lowest BCUT2D eigenvalue weighted by molar-refractivity contribution is -0.200. The number of carbonyl (C=O) groups excluding carboxylic acids is 4. The quantitative estimate of drug-likeness (QED) is 0.688. The first kappa shape index (κ1) is 20.6. The maximum Gasteiger partial charge on any atom is 0.410 e. The number of nitrogens with zero attached hydrogens (tertiary/aromatic N) is 2. The van der Waals surface area contributed by atoms with Crippen molar-refractivity contribution >= 4 is 23.9 Å². The van der Waals surface area contributed by atoms with E-state index in [2.05, 4.69) is 0 Å². The molecule has 0 radical (unpaired) electrons. The molecule has 1 aliphatic heterocycles. The predicted octanol–water partition coefficient (Wildman–Crippen LogP) is 2.86. The molecule has 1 saturated heterocycles. The fourth-order valence-electron chi connectivity index (χ4n) is 3.84. The standard InChI is InChI=1S/C23H22N2O6/c1-14(22(28)31-25-20(26)11-12-21(25)27)24(2)23(29)30-13-19-17-9-5-3-7-15(17)16-8-4-6-10-18(16)19/h3-10,14,19H,11-13H2,1-2H3/t14-/m0/s1. The molecule has 0 aromatic heterocycles. The minimum atomic E-state index is -1.04. The molecule has 3 amide bonds. The average Bonchev–Trinajstić information content (AvgIpc) is 3.28. The van der Waals surface area contributed by atoms with Crippen LogP contribution in [0.3, 0.4) is 0 Å². The molecule has 2 aromatic rings. The molecule has 2 aliphatic rings. The van der Waals surface area contributed by atoms with Gasteiger partial charge in [0.2, 0.25) is 0 Å². The minimum Gasteiger partial charge on any atom is -0.448 e. The van der Waals surface area contributed by atoms with Gasteiger partial charge in [-0.25, -0.2) is 9.59 Å². The Morgan fingerprint density at radius 1 is 1.00 bits per heavy atom. The Hall–Kier alpha value is -3.68. The van der Waals surface area contributed by atoms with Crippen LogP contribution in [0.25, 0.3) is 11.1 Å². The van der Waals surface area contributed by atoms with Crippen LogP contribution in [0.2, 0.25) is 0 Å². The molecule has 31 heavy (non-hydrogen) atoms. The fourth-order valence-corrected chi connectivity index (χ4v) is 3.84. The zero-order chi connectivity index (χ0) is 22.1. The number of ether oxygens (including phenoxy) is 1. The third kappa shape index (κ3) is 3.76. The van der Waals surface area contributed by atoms with Gasteiger partial charge in [0.1, 0.15) is 12.6 Å². The summed E-state index contributed by atoms with van der Waals surface area (Å²) in [4.78, 5) is 54.1. The summed E-state index contributed by atoms with van der Waals surface area (Å²) in [5.74, 6) is -2.14. The Labute approximate surface area is 179 Å². The molecule has 2 aromatic carbocycles. The number of fused-ring (bicyclic) bond motifs is 3. The zero-order valence-electron chi connectivity index (χ0n) is 17.2. The fraction of sp³-hybridized carbons (Fsp3) is 0.304. The third-order valence-electron chi connectivity index (χ3n) is 5.73. The van der Waals surface area contributed by atoms with Crippen molar-refractivity contribution in [2.45, 2.75) is 31.7 Å². The van der Waals surface area contributed by atoms with E-state index in [9.17, 15) is 19.2 Å². The Kier molecular flexibility index (Phi) is 5.46. The van der Waals surface area contributed by atoms with E-state index >= 15 is 0 Å². The number of benzene rings is 2. The minimum absolute atomic E-state index is 0.00269. The number of hydroxylamine groups is 2. The lowest BCUT2D eigenvalue weighted by atomic mass is 9.98. The van der Waals surface area contributed by atoms with Gasteiger partial charge >= 0.3 is 12.1 Å². The van der Waals surface area contributed by atoms with Gasteiger partial charge in [0, 0.05) is 25.8 Å². The first-order valence-corrected chi connectivity index (χ1v) is 10.0. The highest BCUT2D eigenvalue weighted by Crippen LogP contribution is 2.44. The van der Waals surface area contributed by atoms with Crippen molar-refractivity contribution in [1.29, 1.82) is 0 Å². The van der Waals surface area contributed by atoms with Crippen LogP contribution in [-0.4, -0.2) is 53.5 Å². The summed E-state index contributed by atoms with van der Waals surface area (Å²) in [7, 11) is 1.40. The molecular weight excluding hydrogens is 400 g/mol.